The average Bonchev–Trinajstić information content (AvgIpc) is 3.35. The van der Waals surface area contributed by atoms with Gasteiger partial charge in [-0.15, -0.1) is 11.3 Å². The van der Waals surface area contributed by atoms with Crippen molar-refractivity contribution in [1.29, 1.82) is 0 Å². The van der Waals surface area contributed by atoms with Gasteiger partial charge in [0.25, 0.3) is 15.9 Å². The van der Waals surface area contributed by atoms with E-state index in [4.69, 9.17) is 0 Å². The maximum Gasteiger partial charge on any atom is 0.257 e. The molecule has 2 aromatic rings. The van der Waals surface area contributed by atoms with Crippen LogP contribution in [0.3, 0.4) is 0 Å². The Morgan fingerprint density at radius 2 is 1.93 bits per heavy atom. The Bertz CT molecular complexity index is 940. The zero-order chi connectivity index (χ0) is 19.0. The van der Waals surface area contributed by atoms with Crippen LogP contribution in [0.25, 0.3) is 0 Å². The molecule has 0 radical (unpaired) electrons. The minimum Gasteiger partial charge on any atom is -0.336 e. The third-order valence-electron chi connectivity index (χ3n) is 5.32. The molecule has 0 spiro atoms. The number of carbonyl (C=O) groups is 1. The highest BCUT2D eigenvalue weighted by Crippen LogP contribution is 2.26. The van der Waals surface area contributed by atoms with Gasteiger partial charge in [0.05, 0.1) is 17.5 Å². The monoisotopic (exact) mass is 408 g/mol. The number of amides is 1. The fourth-order valence-corrected chi connectivity index (χ4v) is 6.59. The topological polar surface area (TPSA) is 75.5 Å². The number of thiophene rings is 1. The first-order valence-corrected chi connectivity index (χ1v) is 11.7. The SMILES string of the molecule is CCc1ccc(S(=O)(=O)N2CCN(C(=O)c3cnn4c3CCCC4)CC2)s1. The molecule has 0 unspecified atom stereocenters. The highest BCUT2D eigenvalue weighted by molar-refractivity contribution is 7.91. The molecule has 0 aromatic carbocycles. The van der Waals surface area contributed by atoms with Crippen LogP contribution < -0.4 is 0 Å². The highest BCUT2D eigenvalue weighted by Gasteiger charge is 2.32. The molecule has 2 aromatic heterocycles. The van der Waals surface area contributed by atoms with E-state index in [1.165, 1.54) is 15.6 Å². The van der Waals surface area contributed by atoms with Crippen molar-refractivity contribution >= 4 is 27.3 Å². The van der Waals surface area contributed by atoms with Crippen molar-refractivity contribution in [1.82, 2.24) is 19.0 Å². The molecule has 27 heavy (non-hydrogen) atoms. The van der Waals surface area contributed by atoms with Crippen molar-refractivity contribution in [3.05, 3.63) is 34.5 Å². The number of rotatable bonds is 4. The molecule has 0 bridgehead atoms. The number of hydrogen-bond acceptors (Lipinski definition) is 5. The zero-order valence-corrected chi connectivity index (χ0v) is 17.1. The van der Waals surface area contributed by atoms with E-state index in [-0.39, 0.29) is 5.91 Å². The van der Waals surface area contributed by atoms with Gasteiger partial charge in [-0.25, -0.2) is 8.42 Å². The summed E-state index contributed by atoms with van der Waals surface area (Å²) >= 11 is 1.33. The van der Waals surface area contributed by atoms with E-state index in [1.807, 2.05) is 17.7 Å². The first kappa shape index (κ1) is 18.6. The molecule has 0 atom stereocenters. The Labute approximate surface area is 163 Å². The fourth-order valence-electron chi connectivity index (χ4n) is 3.72. The molecule has 4 rings (SSSR count). The number of nitrogens with zero attached hydrogens (tertiary/aromatic N) is 4. The Hall–Kier alpha value is -1.71. The first-order valence-electron chi connectivity index (χ1n) is 9.43. The van der Waals surface area contributed by atoms with Crippen LogP contribution in [0.4, 0.5) is 0 Å². The smallest absolute Gasteiger partial charge is 0.257 e. The Balaban J connectivity index is 1.44. The Kier molecular flexibility index (Phi) is 5.09. The lowest BCUT2D eigenvalue weighted by Gasteiger charge is -2.33. The first-order chi connectivity index (χ1) is 13.0. The van der Waals surface area contributed by atoms with E-state index >= 15 is 0 Å². The summed E-state index contributed by atoms with van der Waals surface area (Å²) in [7, 11) is -3.47. The number of fused-ring (bicyclic) bond motifs is 1. The maximum absolute atomic E-state index is 12.9. The van der Waals surface area contributed by atoms with Gasteiger partial charge in [-0.05, 0) is 37.8 Å². The van der Waals surface area contributed by atoms with E-state index in [1.54, 1.807) is 17.2 Å². The van der Waals surface area contributed by atoms with E-state index in [0.717, 1.165) is 42.8 Å². The number of hydrogen-bond donors (Lipinski definition) is 0. The number of piperazine rings is 1. The molecule has 9 heteroatoms. The number of sulfonamides is 1. The summed E-state index contributed by atoms with van der Waals surface area (Å²) in [5, 5.41) is 4.34. The van der Waals surface area contributed by atoms with Gasteiger partial charge in [0, 0.05) is 37.6 Å². The van der Waals surface area contributed by atoms with Crippen molar-refractivity contribution in [3.63, 3.8) is 0 Å². The molecule has 2 aliphatic rings. The van der Waals surface area contributed by atoms with Gasteiger partial charge in [0.2, 0.25) is 0 Å². The van der Waals surface area contributed by atoms with Gasteiger partial charge in [-0.1, -0.05) is 6.92 Å². The van der Waals surface area contributed by atoms with E-state index < -0.39 is 10.0 Å². The van der Waals surface area contributed by atoms with Crippen LogP contribution in [-0.4, -0.2) is 59.5 Å². The molecular formula is C18H24N4O3S2. The normalized spacial score (nSPS) is 18.5. The lowest BCUT2D eigenvalue weighted by molar-refractivity contribution is 0.0696. The zero-order valence-electron chi connectivity index (χ0n) is 15.4. The largest absolute Gasteiger partial charge is 0.336 e. The predicted octanol–water partition coefficient (Wildman–Crippen LogP) is 1.99. The maximum atomic E-state index is 12.9. The van der Waals surface area contributed by atoms with Gasteiger partial charge < -0.3 is 4.90 Å². The van der Waals surface area contributed by atoms with Crippen molar-refractivity contribution in [2.24, 2.45) is 0 Å². The van der Waals surface area contributed by atoms with E-state index in [2.05, 4.69) is 5.10 Å². The third kappa shape index (κ3) is 3.43. The summed E-state index contributed by atoms with van der Waals surface area (Å²) in [4.78, 5) is 15.7. The van der Waals surface area contributed by atoms with E-state index in [0.29, 0.717) is 36.0 Å². The third-order valence-corrected chi connectivity index (χ3v) is 8.91. The van der Waals surface area contributed by atoms with Crippen molar-refractivity contribution < 1.29 is 13.2 Å². The molecule has 0 saturated carbocycles. The van der Waals surface area contributed by atoms with Gasteiger partial charge >= 0.3 is 0 Å². The minimum absolute atomic E-state index is 0.0282. The van der Waals surface area contributed by atoms with Gasteiger partial charge in [0.15, 0.2) is 0 Å². The minimum atomic E-state index is -3.47. The summed E-state index contributed by atoms with van der Waals surface area (Å²) < 4.78 is 29.5. The summed E-state index contributed by atoms with van der Waals surface area (Å²) in [5.41, 5.74) is 1.70. The summed E-state index contributed by atoms with van der Waals surface area (Å²) in [6, 6.07) is 3.57. The number of carbonyl (C=O) groups excluding carboxylic acids is 1. The highest BCUT2D eigenvalue weighted by atomic mass is 32.2. The average molecular weight is 409 g/mol. The second-order valence-electron chi connectivity index (χ2n) is 6.96. The van der Waals surface area contributed by atoms with Crippen LogP contribution in [-0.2, 0) is 29.4 Å². The van der Waals surface area contributed by atoms with Crippen molar-refractivity contribution in [2.45, 2.75) is 43.4 Å². The molecule has 1 amide bonds. The molecule has 1 saturated heterocycles. The molecule has 0 N–H and O–H groups in total. The fraction of sp³-hybridized carbons (Fsp3) is 0.556. The summed E-state index contributed by atoms with van der Waals surface area (Å²) in [6.45, 7) is 4.37. The summed E-state index contributed by atoms with van der Waals surface area (Å²) in [6.07, 6.45) is 5.57. The molecule has 7 nitrogen and oxygen atoms in total. The Morgan fingerprint density at radius 3 is 2.63 bits per heavy atom. The molecule has 2 aliphatic heterocycles. The molecule has 4 heterocycles. The van der Waals surface area contributed by atoms with Gasteiger partial charge in [-0.2, -0.15) is 9.40 Å². The molecule has 146 valence electrons. The second kappa shape index (κ2) is 7.37. The predicted molar refractivity (Wildman–Crippen MR) is 104 cm³/mol. The van der Waals surface area contributed by atoms with Crippen LogP contribution in [0.15, 0.2) is 22.5 Å². The molecular weight excluding hydrogens is 384 g/mol. The van der Waals surface area contributed by atoms with Crippen LogP contribution in [0.2, 0.25) is 0 Å². The second-order valence-corrected chi connectivity index (χ2v) is 10.3. The Morgan fingerprint density at radius 1 is 1.15 bits per heavy atom. The quantitative estimate of drug-likeness (QED) is 0.775. The van der Waals surface area contributed by atoms with Crippen molar-refractivity contribution in [2.75, 3.05) is 26.2 Å². The van der Waals surface area contributed by atoms with Crippen molar-refractivity contribution in [3.8, 4) is 0 Å². The summed E-state index contributed by atoms with van der Waals surface area (Å²) in [5.74, 6) is -0.0282. The number of aryl methyl sites for hydroxylation is 2. The lowest BCUT2D eigenvalue weighted by Crippen LogP contribution is -2.50. The van der Waals surface area contributed by atoms with Crippen LogP contribution in [0.1, 0.15) is 40.7 Å². The molecule has 1 fully saturated rings. The molecule has 0 aliphatic carbocycles. The van der Waals surface area contributed by atoms with Crippen LogP contribution >= 0.6 is 11.3 Å². The van der Waals surface area contributed by atoms with Crippen LogP contribution in [0, 0.1) is 0 Å². The standard InChI is InChI=1S/C18H24N4O3S2/c1-2-14-6-7-17(26-14)27(24,25)21-11-9-20(10-12-21)18(23)15-13-19-22-8-4-3-5-16(15)22/h6-7,13H,2-5,8-12H2,1H3. The van der Waals surface area contributed by atoms with Gasteiger partial charge in [0.1, 0.15) is 4.21 Å². The van der Waals surface area contributed by atoms with Gasteiger partial charge in [-0.3, -0.25) is 9.48 Å². The van der Waals surface area contributed by atoms with Crippen LogP contribution in [0.5, 0.6) is 0 Å². The lowest BCUT2D eigenvalue weighted by atomic mass is 10.1. The number of aromatic nitrogens is 2. The van der Waals surface area contributed by atoms with E-state index in [9.17, 15) is 13.2 Å².